The van der Waals surface area contributed by atoms with Gasteiger partial charge in [0.2, 0.25) is 0 Å². The minimum atomic E-state index is -0.824. The van der Waals surface area contributed by atoms with Crippen molar-refractivity contribution in [2.75, 3.05) is 14.2 Å². The molecule has 4 nitrogen and oxygen atoms in total. The van der Waals surface area contributed by atoms with E-state index in [1.807, 2.05) is 67.7 Å². The third kappa shape index (κ3) is 2.00. The van der Waals surface area contributed by atoms with Gasteiger partial charge in [0, 0.05) is 7.05 Å². The minimum Gasteiger partial charge on any atom is -0.465 e. The first-order chi connectivity index (χ1) is 10.7. The lowest BCUT2D eigenvalue weighted by Crippen LogP contribution is -2.43. The number of esters is 1. The fraction of sp³-hybridized carbons (Fsp3) is 0.167. The fourth-order valence-electron chi connectivity index (χ4n) is 2.97. The van der Waals surface area contributed by atoms with Gasteiger partial charge in [-0.15, -0.1) is 5.06 Å². The lowest BCUT2D eigenvalue weighted by molar-refractivity contribution is -0.140. The van der Waals surface area contributed by atoms with E-state index < -0.39 is 11.5 Å². The molecule has 0 aliphatic carbocycles. The average Bonchev–Trinajstić information content (AvgIpc) is 2.94. The van der Waals surface area contributed by atoms with Crippen molar-refractivity contribution in [2.45, 2.75) is 5.54 Å². The van der Waals surface area contributed by atoms with Crippen LogP contribution in [0.5, 0.6) is 0 Å². The van der Waals surface area contributed by atoms with Crippen molar-refractivity contribution in [1.29, 1.82) is 0 Å². The lowest BCUT2D eigenvalue weighted by Gasteiger charge is -2.36. The molecule has 0 N–H and O–H groups in total. The zero-order valence-electron chi connectivity index (χ0n) is 12.5. The summed E-state index contributed by atoms with van der Waals surface area (Å²) in [4.78, 5) is 17.9. The summed E-state index contributed by atoms with van der Waals surface area (Å²) in [5.74, 6) is -0.406. The maximum atomic E-state index is 12.3. The van der Waals surface area contributed by atoms with Gasteiger partial charge in [-0.1, -0.05) is 60.7 Å². The Labute approximate surface area is 129 Å². The van der Waals surface area contributed by atoms with Crippen molar-refractivity contribution >= 4 is 5.97 Å². The molecule has 3 rings (SSSR count). The average molecular weight is 295 g/mol. The number of nitrogens with zero attached hydrogens (tertiary/aromatic N) is 1. The van der Waals surface area contributed by atoms with Gasteiger partial charge in [-0.25, -0.2) is 4.79 Å². The Morgan fingerprint density at radius 3 is 1.95 bits per heavy atom. The van der Waals surface area contributed by atoms with Crippen LogP contribution >= 0.6 is 0 Å². The zero-order valence-corrected chi connectivity index (χ0v) is 12.5. The van der Waals surface area contributed by atoms with Crippen LogP contribution in [0.15, 0.2) is 72.5 Å². The van der Waals surface area contributed by atoms with E-state index >= 15 is 0 Å². The number of benzene rings is 2. The Hall–Kier alpha value is -2.59. The Balaban J connectivity index is 2.28. The molecule has 1 heterocycles. The van der Waals surface area contributed by atoms with Crippen LogP contribution in [0.2, 0.25) is 0 Å². The highest BCUT2D eigenvalue weighted by molar-refractivity contribution is 5.92. The molecule has 0 spiro atoms. The number of carbonyl (C=O) groups is 1. The smallest absolute Gasteiger partial charge is 0.339 e. The molecule has 0 bridgehead atoms. The second-order valence-electron chi connectivity index (χ2n) is 5.07. The van der Waals surface area contributed by atoms with Gasteiger partial charge < -0.3 is 9.57 Å². The van der Waals surface area contributed by atoms with E-state index in [1.54, 1.807) is 5.06 Å². The molecular formula is C18H17NO3. The van der Waals surface area contributed by atoms with E-state index in [1.165, 1.54) is 13.4 Å². The van der Waals surface area contributed by atoms with Crippen molar-refractivity contribution in [2.24, 2.45) is 0 Å². The van der Waals surface area contributed by atoms with Gasteiger partial charge in [0.25, 0.3) is 0 Å². The standard InChI is InChI=1S/C18H17NO3/c1-19-18(14-9-5-3-6-10-14,15-11-7-4-8-12-15)16(13-22-19)17(20)21-2/h3-13H,1-2H3. The maximum absolute atomic E-state index is 12.3. The summed E-state index contributed by atoms with van der Waals surface area (Å²) in [6, 6.07) is 19.6. The summed E-state index contributed by atoms with van der Waals surface area (Å²) in [7, 11) is 3.19. The summed E-state index contributed by atoms with van der Waals surface area (Å²) in [5.41, 5.74) is 1.51. The summed E-state index contributed by atoms with van der Waals surface area (Å²) in [6.45, 7) is 0. The van der Waals surface area contributed by atoms with Crippen molar-refractivity contribution in [3.05, 3.63) is 83.6 Å². The molecule has 0 atom stereocenters. The number of likely N-dealkylation sites (N-methyl/N-ethyl adjacent to an activating group) is 1. The minimum absolute atomic E-state index is 0.406. The van der Waals surface area contributed by atoms with Crippen molar-refractivity contribution in [3.8, 4) is 0 Å². The zero-order chi connectivity index (χ0) is 15.6. The van der Waals surface area contributed by atoms with Gasteiger partial charge >= 0.3 is 5.97 Å². The SMILES string of the molecule is COC(=O)C1=CON(C)C1(c1ccccc1)c1ccccc1. The van der Waals surface area contributed by atoms with Gasteiger partial charge in [0.05, 0.1) is 7.11 Å². The van der Waals surface area contributed by atoms with Gasteiger partial charge in [-0.3, -0.25) is 0 Å². The summed E-state index contributed by atoms with van der Waals surface area (Å²) in [5, 5.41) is 1.68. The van der Waals surface area contributed by atoms with Gasteiger partial charge in [0.15, 0.2) is 0 Å². The van der Waals surface area contributed by atoms with Gasteiger partial charge in [-0.05, 0) is 11.1 Å². The number of methoxy groups -OCH3 is 1. The molecule has 1 aliphatic heterocycles. The molecule has 0 saturated carbocycles. The second kappa shape index (κ2) is 5.66. The monoisotopic (exact) mass is 295 g/mol. The van der Waals surface area contributed by atoms with E-state index in [2.05, 4.69) is 0 Å². The van der Waals surface area contributed by atoms with Crippen molar-refractivity contribution < 1.29 is 14.4 Å². The molecule has 0 amide bonds. The molecule has 0 saturated heterocycles. The molecule has 22 heavy (non-hydrogen) atoms. The third-order valence-electron chi connectivity index (χ3n) is 3.98. The lowest BCUT2D eigenvalue weighted by atomic mass is 9.77. The van der Waals surface area contributed by atoms with Crippen LogP contribution in [-0.2, 0) is 19.9 Å². The Morgan fingerprint density at radius 1 is 1.00 bits per heavy atom. The number of rotatable bonds is 3. The van der Waals surface area contributed by atoms with Crippen LogP contribution in [0.4, 0.5) is 0 Å². The second-order valence-corrected chi connectivity index (χ2v) is 5.07. The molecular weight excluding hydrogens is 278 g/mol. The summed E-state index contributed by atoms with van der Waals surface area (Å²) >= 11 is 0. The van der Waals surface area contributed by atoms with Gasteiger partial charge in [-0.2, -0.15) is 0 Å². The predicted molar refractivity (Wildman–Crippen MR) is 82.6 cm³/mol. The number of carbonyl (C=O) groups excluding carboxylic acids is 1. The predicted octanol–water partition coefficient (Wildman–Crippen LogP) is 2.86. The highest BCUT2D eigenvalue weighted by Crippen LogP contribution is 2.45. The molecule has 0 radical (unpaired) electrons. The van der Waals surface area contributed by atoms with Crippen molar-refractivity contribution in [1.82, 2.24) is 5.06 Å². The van der Waals surface area contributed by atoms with E-state index in [0.29, 0.717) is 5.57 Å². The van der Waals surface area contributed by atoms with E-state index in [0.717, 1.165) is 11.1 Å². The summed E-state index contributed by atoms with van der Waals surface area (Å²) < 4.78 is 4.97. The molecule has 0 unspecified atom stereocenters. The van der Waals surface area contributed by atoms with Gasteiger partial charge in [0.1, 0.15) is 17.4 Å². The number of ether oxygens (including phenoxy) is 1. The number of hydroxylamine groups is 2. The number of hydrogen-bond acceptors (Lipinski definition) is 4. The first kappa shape index (κ1) is 14.4. The molecule has 2 aromatic rings. The molecule has 112 valence electrons. The molecule has 1 aliphatic rings. The summed E-state index contributed by atoms with van der Waals surface area (Å²) in [6.07, 6.45) is 1.46. The van der Waals surface area contributed by atoms with Crippen LogP contribution in [0, 0.1) is 0 Å². The number of hydrogen-bond donors (Lipinski definition) is 0. The first-order valence-electron chi connectivity index (χ1n) is 7.02. The highest BCUT2D eigenvalue weighted by atomic mass is 16.7. The Kier molecular flexibility index (Phi) is 3.69. The molecule has 4 heteroatoms. The maximum Gasteiger partial charge on any atom is 0.339 e. The van der Waals surface area contributed by atoms with Crippen LogP contribution in [-0.4, -0.2) is 25.2 Å². The topological polar surface area (TPSA) is 38.8 Å². The third-order valence-corrected chi connectivity index (χ3v) is 3.98. The Morgan fingerprint density at radius 2 is 1.50 bits per heavy atom. The van der Waals surface area contributed by atoms with E-state index in [4.69, 9.17) is 9.57 Å². The Bertz CT molecular complexity index is 655. The molecule has 0 fully saturated rings. The highest BCUT2D eigenvalue weighted by Gasteiger charge is 2.50. The van der Waals surface area contributed by atoms with Crippen molar-refractivity contribution in [3.63, 3.8) is 0 Å². The van der Waals surface area contributed by atoms with E-state index in [9.17, 15) is 4.79 Å². The van der Waals surface area contributed by atoms with E-state index in [-0.39, 0.29) is 0 Å². The van der Waals surface area contributed by atoms with Crippen LogP contribution in [0.25, 0.3) is 0 Å². The molecule has 2 aromatic carbocycles. The largest absolute Gasteiger partial charge is 0.465 e. The quantitative estimate of drug-likeness (QED) is 0.816. The molecule has 0 aromatic heterocycles. The van der Waals surface area contributed by atoms with Crippen LogP contribution in [0.1, 0.15) is 11.1 Å². The fourth-order valence-corrected chi connectivity index (χ4v) is 2.97. The van der Waals surface area contributed by atoms with Crippen LogP contribution in [0.3, 0.4) is 0 Å². The normalized spacial score (nSPS) is 16.7. The van der Waals surface area contributed by atoms with Crippen LogP contribution < -0.4 is 0 Å². The first-order valence-corrected chi connectivity index (χ1v) is 7.02.